The number of primary amides is 1. The van der Waals surface area contributed by atoms with E-state index in [-0.39, 0.29) is 40.7 Å². The third kappa shape index (κ3) is 17.6. The normalized spacial score (nSPS) is 30.2. The highest BCUT2D eigenvalue weighted by Crippen LogP contribution is 2.49. The van der Waals surface area contributed by atoms with E-state index in [1.54, 1.807) is 32.8 Å². The van der Waals surface area contributed by atoms with Crippen LogP contribution in [-0.2, 0) is 52.6 Å². The molecule has 4 aromatic rings. The lowest BCUT2D eigenvalue weighted by atomic mass is 9.85. The largest absolute Gasteiger partial charge is 0.508 e. The molecule has 0 aliphatic carbocycles. The van der Waals surface area contributed by atoms with Crippen LogP contribution in [0.4, 0.5) is 0 Å². The van der Waals surface area contributed by atoms with Gasteiger partial charge >= 0.3 is 5.97 Å². The molecule has 0 saturated carbocycles. The molecular formula is C71H87Cl2N9O24. The van der Waals surface area contributed by atoms with Gasteiger partial charge in [0.2, 0.25) is 53.4 Å². The number of likely N-dealkylation sites (N-methyl/N-ethyl adjacent to an activating group) is 2. The number of carbonyl (C=O) groups is 8. The number of aromatic hydroxyl groups is 3. The summed E-state index contributed by atoms with van der Waals surface area (Å²) in [6.07, 6.45) is -15.5. The molecule has 7 amide bonds. The molecule has 2 saturated heterocycles. The number of phenols is 3. The van der Waals surface area contributed by atoms with Gasteiger partial charge in [-0.15, -0.1) is 0 Å². The molecule has 0 aromatic heterocycles. The predicted octanol–water partition coefficient (Wildman–Crippen LogP) is 1.33. The SMILES string of the molecule is C=C/C1=C(Cl)\C=C\[C@@H](O)[C@@H]2NC(=O)[C@H](NC(=O)[C@@H]3NC(=O)[C@H](CC(N)=O)NC(=O)[C@H](NC(=O)[C@@H](CC(C)C)N(C)C(C)(C)C)[C@H](O)c4ccc(c(Cl)c4)Oc4cc3cc(c4OC3OC(CO)C(O)C(O)C3OC3CC(C)(NC)C(O)C(C)O3)O1)c1ccc(O)c(c1)-c1c(O)cc(O)cc1[C@H](C(=O)O)NC2=O. The number of aliphatic carboxylic acids is 1. The fourth-order valence-corrected chi connectivity index (χ4v) is 13.3. The molecule has 10 rings (SSSR count). The number of benzene rings is 4. The number of hydrogen-bond acceptors (Lipinski definition) is 25. The maximum Gasteiger partial charge on any atom is 0.330 e. The van der Waals surface area contributed by atoms with Gasteiger partial charge in [-0.05, 0) is 132 Å². The van der Waals surface area contributed by atoms with Crippen molar-refractivity contribution in [3.8, 4) is 51.4 Å². The molecule has 18 atom stereocenters. The van der Waals surface area contributed by atoms with E-state index < -0.39 is 243 Å². The predicted molar refractivity (Wildman–Crippen MR) is 375 cm³/mol. The first kappa shape index (κ1) is 80.9. The monoisotopic (exact) mass is 1520 g/mol. The van der Waals surface area contributed by atoms with E-state index >= 15 is 19.2 Å². The van der Waals surface area contributed by atoms with Gasteiger partial charge < -0.3 is 122 Å². The zero-order valence-corrected chi connectivity index (χ0v) is 60.4. The highest BCUT2D eigenvalue weighted by molar-refractivity contribution is 6.32. The molecule has 106 heavy (non-hydrogen) atoms. The van der Waals surface area contributed by atoms with Crippen LogP contribution in [0.25, 0.3) is 11.1 Å². The van der Waals surface area contributed by atoms with Crippen LogP contribution in [0.15, 0.2) is 96.3 Å². The van der Waals surface area contributed by atoms with Crippen LogP contribution in [0.2, 0.25) is 5.02 Å². The summed E-state index contributed by atoms with van der Waals surface area (Å²) in [6.45, 7) is 15.3. The van der Waals surface area contributed by atoms with Crippen LogP contribution in [0, 0.1) is 5.92 Å². The molecule has 4 aromatic carbocycles. The second-order valence-electron chi connectivity index (χ2n) is 28.0. The van der Waals surface area contributed by atoms with Gasteiger partial charge in [0.25, 0.3) is 0 Å². The number of phenolic OH excluding ortho intramolecular Hbond substituents is 3. The molecule has 0 radical (unpaired) electrons. The standard InChI is InChI=1S/C71H87Cl2N9O24/c1-11-43-36(72)14-16-41(86)54-66(97)79-53(68(99)100)35-23-33(84)24-42(87)50(35)34-19-30(12-15-40(34)85)51(64(95)80-54)78-65(96)52-32-21-45(102-43)59(106-69-60(58(91)57(90)47(27-83)104-69)105-49-26-71(8,75-9)61(92)29(4)101-49)46(22-32)103-44-17-13-31(20-37(44)73)56(89)55(67(98)76-38(25-48(74)88)62(93)77-52)81-63(94)39(18-28(2)3)82(10)70(5,6)7/h11-17,19-24,28-29,38-39,41,47,49,51-58,60-61,69,75,83-87,89-92H,1,18,25-27H2,2-10H3,(H2,74,88)(H,76,98)(H,77,93)(H,78,96)(H,79,97)(H,80,95)(H,81,94)(H,99,100)/b16-14+,43-36-/t29?,38-,39+,41+,47?,49?,51+,52+,53+,54-,55+,56+,57?,58?,60?,61?,69?,71?/m0/s1. The van der Waals surface area contributed by atoms with Gasteiger partial charge in [0.1, 0.15) is 89.5 Å². The maximum absolute atomic E-state index is 16.1. The number of carbonyl (C=O) groups excluding carboxylic acids is 7. The van der Waals surface area contributed by atoms with Crippen molar-refractivity contribution in [2.45, 2.75) is 183 Å². The van der Waals surface area contributed by atoms with Crippen molar-refractivity contribution in [2.24, 2.45) is 11.7 Å². The van der Waals surface area contributed by atoms with Crippen molar-refractivity contribution < 1.29 is 118 Å². The van der Waals surface area contributed by atoms with Gasteiger partial charge in [-0.2, -0.15) is 0 Å². The molecule has 0 spiro atoms. The lowest BCUT2D eigenvalue weighted by molar-refractivity contribution is -0.334. The maximum atomic E-state index is 16.1. The third-order valence-corrected chi connectivity index (χ3v) is 19.7. The van der Waals surface area contributed by atoms with Crippen molar-refractivity contribution in [3.63, 3.8) is 0 Å². The number of allylic oxidation sites excluding steroid dienone is 3. The second-order valence-corrected chi connectivity index (χ2v) is 28.8. The van der Waals surface area contributed by atoms with Crippen LogP contribution >= 0.6 is 23.2 Å². The lowest BCUT2D eigenvalue weighted by Crippen LogP contribution is -2.65. The van der Waals surface area contributed by atoms with Crippen LogP contribution in [-0.4, -0.2) is 215 Å². The van der Waals surface area contributed by atoms with Crippen molar-refractivity contribution >= 4 is 70.5 Å². The van der Waals surface area contributed by atoms with E-state index in [2.05, 4.69) is 43.8 Å². The van der Waals surface area contributed by atoms with Crippen LogP contribution < -0.4 is 57.2 Å². The molecule has 9 unspecified atom stereocenters. The number of nitrogens with two attached hydrogens (primary N) is 1. The minimum atomic E-state index is -2.37. The number of aliphatic hydroxyl groups excluding tert-OH is 6. The molecule has 6 aliphatic heterocycles. The number of nitrogens with zero attached hydrogens (tertiary/aromatic N) is 1. The Kier molecular flexibility index (Phi) is 25.1. The van der Waals surface area contributed by atoms with Crippen molar-refractivity contribution in [2.75, 3.05) is 20.7 Å². The number of amides is 7. The second kappa shape index (κ2) is 32.9. The number of carboxylic acid groups (broad SMARTS) is 1. The average molecular weight is 1520 g/mol. The fraction of sp³-hybridized carbons (Fsp3) is 0.465. The summed E-state index contributed by atoms with van der Waals surface area (Å²) in [5, 5.41) is 131. The summed E-state index contributed by atoms with van der Waals surface area (Å²) in [7, 11) is 3.26. The topological polar surface area (TPSA) is 508 Å². The highest BCUT2D eigenvalue weighted by Gasteiger charge is 2.52. The van der Waals surface area contributed by atoms with Gasteiger partial charge in [0, 0.05) is 40.3 Å². The number of halogens is 2. The summed E-state index contributed by atoms with van der Waals surface area (Å²) >= 11 is 14.2. The van der Waals surface area contributed by atoms with E-state index in [1.165, 1.54) is 12.1 Å². The molecule has 19 N–H and O–H groups in total. The number of nitrogens with one attached hydrogen (secondary N) is 7. The van der Waals surface area contributed by atoms with Crippen molar-refractivity contribution in [1.82, 2.24) is 42.1 Å². The molecule has 35 heteroatoms. The summed E-state index contributed by atoms with van der Waals surface area (Å²) in [4.78, 5) is 120. The Labute approximate surface area is 617 Å². The van der Waals surface area contributed by atoms with E-state index in [4.69, 9.17) is 57.4 Å². The van der Waals surface area contributed by atoms with E-state index in [0.29, 0.717) is 0 Å². The molecular weight excluding hydrogens is 1430 g/mol. The van der Waals surface area contributed by atoms with Gasteiger partial charge in [-0.25, -0.2) is 4.79 Å². The Hall–Kier alpha value is -9.20. The van der Waals surface area contributed by atoms with E-state index in [1.807, 2.05) is 34.6 Å². The van der Waals surface area contributed by atoms with Crippen LogP contribution in [0.5, 0.6) is 40.2 Å². The first-order valence-electron chi connectivity index (χ1n) is 33.6. The van der Waals surface area contributed by atoms with Crippen LogP contribution in [0.1, 0.15) is 114 Å². The number of hydrogen-bond donors (Lipinski definition) is 18. The number of rotatable bonds is 15. The zero-order valence-electron chi connectivity index (χ0n) is 58.9. The minimum Gasteiger partial charge on any atom is -0.508 e. The number of fused-ring (bicyclic) bond motifs is 17. The van der Waals surface area contributed by atoms with E-state index in [0.717, 1.165) is 66.8 Å². The van der Waals surface area contributed by atoms with Crippen LogP contribution in [0.3, 0.4) is 0 Å². The first-order chi connectivity index (χ1) is 49.8. The number of ether oxygens (including phenoxy) is 6. The Balaban J connectivity index is 1.33. The fourth-order valence-electron chi connectivity index (χ4n) is 12.8. The first-order valence-corrected chi connectivity index (χ1v) is 34.4. The van der Waals surface area contributed by atoms with Gasteiger partial charge in [-0.3, -0.25) is 38.5 Å². The average Bonchev–Trinajstić information content (AvgIpc) is 0.768. The zero-order chi connectivity index (χ0) is 78.0. The minimum absolute atomic E-state index is 0.119. The highest BCUT2D eigenvalue weighted by atomic mass is 35.5. The molecule has 9 bridgehead atoms. The number of carboxylic acids is 1. The van der Waals surface area contributed by atoms with Crippen molar-refractivity contribution in [1.29, 1.82) is 0 Å². The molecule has 2 fully saturated rings. The van der Waals surface area contributed by atoms with Crippen molar-refractivity contribution in [3.05, 3.63) is 124 Å². The molecule has 574 valence electrons. The third-order valence-electron chi connectivity index (χ3n) is 19.0. The van der Waals surface area contributed by atoms with Gasteiger partial charge in [-0.1, -0.05) is 61.8 Å². The quantitative estimate of drug-likeness (QED) is 0.0798. The van der Waals surface area contributed by atoms with Gasteiger partial charge in [0.05, 0.1) is 41.3 Å². The van der Waals surface area contributed by atoms with E-state index in [9.17, 15) is 70.2 Å². The molecule has 6 aliphatic rings. The van der Waals surface area contributed by atoms with Gasteiger partial charge in [0.15, 0.2) is 29.9 Å². The summed E-state index contributed by atoms with van der Waals surface area (Å²) < 4.78 is 38.6. The molecule has 33 nitrogen and oxygen atoms in total. The lowest BCUT2D eigenvalue weighted by Gasteiger charge is -2.48. The Morgan fingerprint density at radius 1 is 0.811 bits per heavy atom. The molecule has 6 heterocycles. The summed E-state index contributed by atoms with van der Waals surface area (Å²) in [5.74, 6) is -16.2. The summed E-state index contributed by atoms with van der Waals surface area (Å²) in [6, 6.07) is -4.06. The number of aliphatic hydroxyl groups is 6. The summed E-state index contributed by atoms with van der Waals surface area (Å²) in [5.41, 5.74) is 1.43. The Bertz CT molecular complexity index is 4140. The Morgan fingerprint density at radius 2 is 1.46 bits per heavy atom. The Morgan fingerprint density at radius 3 is 2.08 bits per heavy atom. The smallest absolute Gasteiger partial charge is 0.330 e.